The summed E-state index contributed by atoms with van der Waals surface area (Å²) in [6.07, 6.45) is -3.01. The van der Waals surface area contributed by atoms with Gasteiger partial charge in [-0.2, -0.15) is 13.2 Å². The summed E-state index contributed by atoms with van der Waals surface area (Å²) in [6, 6.07) is 14.8. The number of hydrogen-bond acceptors (Lipinski definition) is 3. The number of para-hydroxylation sites is 1. The molecule has 0 aliphatic rings. The van der Waals surface area contributed by atoms with E-state index in [1.54, 1.807) is 36.4 Å². The predicted molar refractivity (Wildman–Crippen MR) is 90.6 cm³/mol. The first-order chi connectivity index (χ1) is 12.4. The number of halogens is 3. The van der Waals surface area contributed by atoms with Crippen molar-refractivity contribution in [2.24, 2.45) is 0 Å². The number of furan rings is 1. The van der Waals surface area contributed by atoms with Gasteiger partial charge in [-0.05, 0) is 35.9 Å². The molecular weight excluding hydrogens is 345 g/mol. The monoisotopic (exact) mass is 356 g/mol. The van der Waals surface area contributed by atoms with E-state index in [0.29, 0.717) is 27.9 Å². The molecule has 0 saturated carbocycles. The zero-order chi connectivity index (χ0) is 18.3. The maximum absolute atomic E-state index is 12.9. The summed E-state index contributed by atoms with van der Waals surface area (Å²) < 4.78 is 49.3. The topological polar surface area (TPSA) is 43.4 Å². The molecule has 4 aromatic rings. The molecule has 0 radical (unpaired) electrons. The third-order valence-corrected chi connectivity index (χ3v) is 4.08. The molecule has 0 N–H and O–H groups in total. The van der Waals surface area contributed by atoms with Crippen molar-refractivity contribution in [2.75, 3.05) is 0 Å². The summed E-state index contributed by atoms with van der Waals surface area (Å²) in [6.45, 7) is 0. The molecule has 0 bridgehead atoms. The van der Waals surface area contributed by atoms with E-state index in [-0.39, 0.29) is 5.56 Å². The Morgan fingerprint density at radius 1 is 0.808 bits per heavy atom. The SMILES string of the molecule is O=c1oc2ccccc2c(-c2ccc(C(F)(F)F)cc2)c1-c1ccco1. The van der Waals surface area contributed by atoms with Crippen LogP contribution in [0.1, 0.15) is 5.56 Å². The van der Waals surface area contributed by atoms with Crippen LogP contribution in [0.25, 0.3) is 33.4 Å². The van der Waals surface area contributed by atoms with Gasteiger partial charge in [0.15, 0.2) is 0 Å². The maximum atomic E-state index is 12.9. The van der Waals surface area contributed by atoms with Gasteiger partial charge in [-0.1, -0.05) is 30.3 Å². The van der Waals surface area contributed by atoms with Crippen LogP contribution in [-0.2, 0) is 6.18 Å². The highest BCUT2D eigenvalue weighted by Gasteiger charge is 2.30. The van der Waals surface area contributed by atoms with Crippen LogP contribution in [0.2, 0.25) is 0 Å². The fraction of sp³-hybridized carbons (Fsp3) is 0.0500. The average molecular weight is 356 g/mol. The van der Waals surface area contributed by atoms with Gasteiger partial charge in [-0.25, -0.2) is 4.79 Å². The van der Waals surface area contributed by atoms with Crippen LogP contribution in [0.4, 0.5) is 13.2 Å². The van der Waals surface area contributed by atoms with Gasteiger partial charge in [0.05, 0.1) is 11.8 Å². The van der Waals surface area contributed by atoms with Gasteiger partial charge in [0, 0.05) is 10.9 Å². The maximum Gasteiger partial charge on any atom is 0.416 e. The predicted octanol–water partition coefficient (Wildman–Crippen LogP) is 5.74. The summed E-state index contributed by atoms with van der Waals surface area (Å²) >= 11 is 0. The van der Waals surface area contributed by atoms with Gasteiger partial charge in [0.2, 0.25) is 0 Å². The molecule has 2 aromatic carbocycles. The van der Waals surface area contributed by atoms with Crippen molar-refractivity contribution in [3.63, 3.8) is 0 Å². The highest BCUT2D eigenvalue weighted by molar-refractivity contribution is 6.00. The molecule has 2 aromatic heterocycles. The lowest BCUT2D eigenvalue weighted by Gasteiger charge is -2.12. The van der Waals surface area contributed by atoms with Crippen LogP contribution in [-0.4, -0.2) is 0 Å². The molecule has 0 spiro atoms. The quantitative estimate of drug-likeness (QED) is 0.430. The third-order valence-electron chi connectivity index (χ3n) is 4.08. The van der Waals surface area contributed by atoms with Gasteiger partial charge in [-0.3, -0.25) is 0 Å². The van der Waals surface area contributed by atoms with E-state index in [0.717, 1.165) is 12.1 Å². The van der Waals surface area contributed by atoms with Crippen molar-refractivity contribution in [3.05, 3.63) is 82.9 Å². The normalized spacial score (nSPS) is 11.8. The van der Waals surface area contributed by atoms with Crippen molar-refractivity contribution in [1.29, 1.82) is 0 Å². The van der Waals surface area contributed by atoms with E-state index in [1.165, 1.54) is 18.4 Å². The second kappa shape index (κ2) is 5.91. The second-order valence-corrected chi connectivity index (χ2v) is 5.69. The number of alkyl halides is 3. The number of rotatable bonds is 2. The zero-order valence-electron chi connectivity index (χ0n) is 13.2. The number of hydrogen-bond donors (Lipinski definition) is 0. The summed E-state index contributed by atoms with van der Waals surface area (Å²) in [4.78, 5) is 12.5. The molecule has 26 heavy (non-hydrogen) atoms. The first-order valence-electron chi connectivity index (χ1n) is 7.72. The van der Waals surface area contributed by atoms with Gasteiger partial charge in [0.25, 0.3) is 0 Å². The van der Waals surface area contributed by atoms with Crippen molar-refractivity contribution < 1.29 is 22.0 Å². The summed E-state index contributed by atoms with van der Waals surface area (Å²) in [5, 5.41) is 0.609. The molecular formula is C20H11F3O3. The Bertz CT molecular complexity index is 1120. The van der Waals surface area contributed by atoms with Crippen LogP contribution in [0, 0.1) is 0 Å². The molecule has 4 rings (SSSR count). The molecule has 3 nitrogen and oxygen atoms in total. The van der Waals surface area contributed by atoms with E-state index in [1.807, 2.05) is 0 Å². The van der Waals surface area contributed by atoms with Gasteiger partial charge in [0.1, 0.15) is 16.9 Å². The summed E-state index contributed by atoms with van der Waals surface area (Å²) in [5.74, 6) is 0.291. The zero-order valence-corrected chi connectivity index (χ0v) is 13.2. The third kappa shape index (κ3) is 2.69. The molecule has 0 aliphatic heterocycles. The molecule has 6 heteroatoms. The molecule has 2 heterocycles. The van der Waals surface area contributed by atoms with Crippen molar-refractivity contribution in [3.8, 4) is 22.5 Å². The van der Waals surface area contributed by atoms with Crippen molar-refractivity contribution >= 4 is 11.0 Å². The first kappa shape index (κ1) is 16.2. The Hall–Kier alpha value is -3.28. The lowest BCUT2D eigenvalue weighted by atomic mass is 9.95. The minimum absolute atomic E-state index is 0.174. The second-order valence-electron chi connectivity index (χ2n) is 5.69. The van der Waals surface area contributed by atoms with Crippen molar-refractivity contribution in [1.82, 2.24) is 0 Å². The first-order valence-corrected chi connectivity index (χ1v) is 7.72. The van der Waals surface area contributed by atoms with Crippen LogP contribution >= 0.6 is 0 Å². The lowest BCUT2D eigenvalue weighted by Crippen LogP contribution is -2.06. The van der Waals surface area contributed by atoms with E-state index >= 15 is 0 Å². The summed E-state index contributed by atoms with van der Waals surface area (Å²) in [7, 11) is 0. The van der Waals surface area contributed by atoms with E-state index in [9.17, 15) is 18.0 Å². The Labute approximate surface area is 145 Å². The van der Waals surface area contributed by atoms with Gasteiger partial charge >= 0.3 is 11.8 Å². The molecule has 130 valence electrons. The van der Waals surface area contributed by atoms with E-state index < -0.39 is 17.4 Å². The molecule has 0 fully saturated rings. The molecule has 0 atom stereocenters. The largest absolute Gasteiger partial charge is 0.464 e. The fourth-order valence-electron chi connectivity index (χ4n) is 2.92. The van der Waals surface area contributed by atoms with E-state index in [2.05, 4.69) is 0 Å². The molecule has 0 unspecified atom stereocenters. The highest BCUT2D eigenvalue weighted by Crippen LogP contribution is 2.37. The number of benzene rings is 2. The van der Waals surface area contributed by atoms with Crippen LogP contribution in [0.15, 0.2) is 80.6 Å². The van der Waals surface area contributed by atoms with Gasteiger partial charge in [-0.15, -0.1) is 0 Å². The Morgan fingerprint density at radius 3 is 2.19 bits per heavy atom. The van der Waals surface area contributed by atoms with Crippen LogP contribution < -0.4 is 5.63 Å². The molecule has 0 saturated heterocycles. The smallest absolute Gasteiger partial charge is 0.416 e. The Morgan fingerprint density at radius 2 is 1.54 bits per heavy atom. The van der Waals surface area contributed by atoms with Crippen molar-refractivity contribution in [2.45, 2.75) is 6.18 Å². The minimum Gasteiger partial charge on any atom is -0.464 e. The average Bonchev–Trinajstić information content (AvgIpc) is 3.14. The fourth-order valence-corrected chi connectivity index (χ4v) is 2.92. The molecule has 0 aliphatic carbocycles. The van der Waals surface area contributed by atoms with Crippen LogP contribution in [0.3, 0.4) is 0 Å². The number of fused-ring (bicyclic) bond motifs is 1. The van der Waals surface area contributed by atoms with Crippen LogP contribution in [0.5, 0.6) is 0 Å². The lowest BCUT2D eigenvalue weighted by molar-refractivity contribution is -0.137. The summed E-state index contributed by atoms with van der Waals surface area (Å²) in [5.41, 5.74) is 0.0896. The van der Waals surface area contributed by atoms with Gasteiger partial charge < -0.3 is 8.83 Å². The Kier molecular flexibility index (Phi) is 3.68. The standard InChI is InChI=1S/C20H11F3O3/c21-20(22,23)13-9-7-12(8-10-13)17-14-4-1-2-5-15(14)26-19(24)18(17)16-6-3-11-25-16/h1-11H. The molecule has 0 amide bonds. The van der Waals surface area contributed by atoms with E-state index in [4.69, 9.17) is 8.83 Å². The minimum atomic E-state index is -4.43. The Balaban J connectivity index is 2.04. The highest BCUT2D eigenvalue weighted by atomic mass is 19.4.